The highest BCUT2D eigenvalue weighted by atomic mass is 79.9. The van der Waals surface area contributed by atoms with E-state index in [0.717, 1.165) is 15.4 Å². The van der Waals surface area contributed by atoms with Crippen LogP contribution in [0.25, 0.3) is 10.9 Å². The van der Waals surface area contributed by atoms with Crippen molar-refractivity contribution in [2.45, 2.75) is 19.4 Å². The van der Waals surface area contributed by atoms with Gasteiger partial charge in [0, 0.05) is 35.2 Å². The van der Waals surface area contributed by atoms with Crippen molar-refractivity contribution < 1.29 is 9.90 Å². The molecule has 5 heteroatoms. The maximum absolute atomic E-state index is 12.4. The number of aliphatic hydroxyl groups is 1. The van der Waals surface area contributed by atoms with E-state index >= 15 is 0 Å². The van der Waals surface area contributed by atoms with Gasteiger partial charge in [0.2, 0.25) is 0 Å². The molecule has 2 aromatic rings. The predicted molar refractivity (Wildman–Crippen MR) is 79.3 cm³/mol. The Labute approximate surface area is 120 Å². The molecule has 1 aromatic heterocycles. The topological polar surface area (TPSA) is 56.3 Å². The molecule has 102 valence electrons. The SMILES string of the molecule is CN(CC(C)(C)O)C(=O)c1c[nH]c2cccc(Br)c12. The number of nitrogens with one attached hydrogen (secondary N) is 1. The second kappa shape index (κ2) is 4.98. The molecule has 0 radical (unpaired) electrons. The standard InChI is InChI=1S/C14H17BrN2O2/c1-14(2,19)8-17(3)13(18)9-7-16-11-6-4-5-10(15)12(9)11/h4-7,16,19H,8H2,1-3H3. The number of halogens is 1. The van der Waals surface area contributed by atoms with Gasteiger partial charge in [-0.25, -0.2) is 0 Å². The molecular formula is C14H17BrN2O2. The fourth-order valence-electron chi connectivity index (χ4n) is 2.17. The largest absolute Gasteiger partial charge is 0.389 e. The van der Waals surface area contributed by atoms with E-state index in [9.17, 15) is 9.90 Å². The van der Waals surface area contributed by atoms with Crippen molar-refractivity contribution in [3.05, 3.63) is 34.4 Å². The Kier molecular flexibility index (Phi) is 3.69. The van der Waals surface area contributed by atoms with Crippen LogP contribution in [0.4, 0.5) is 0 Å². The maximum Gasteiger partial charge on any atom is 0.255 e. The number of likely N-dealkylation sites (N-methyl/N-ethyl adjacent to an activating group) is 1. The molecule has 0 saturated carbocycles. The van der Waals surface area contributed by atoms with E-state index in [0.29, 0.717) is 5.56 Å². The van der Waals surface area contributed by atoms with Crippen LogP contribution >= 0.6 is 15.9 Å². The molecule has 0 atom stereocenters. The number of aromatic amines is 1. The molecule has 0 spiro atoms. The lowest BCUT2D eigenvalue weighted by Crippen LogP contribution is -2.39. The van der Waals surface area contributed by atoms with Crippen molar-refractivity contribution in [3.63, 3.8) is 0 Å². The van der Waals surface area contributed by atoms with Crippen LogP contribution in [0.1, 0.15) is 24.2 Å². The zero-order chi connectivity index (χ0) is 14.2. The number of H-pyrrole nitrogens is 1. The Hall–Kier alpha value is -1.33. The number of fused-ring (bicyclic) bond motifs is 1. The lowest BCUT2D eigenvalue weighted by molar-refractivity contribution is 0.0369. The normalized spacial score (nSPS) is 11.8. The van der Waals surface area contributed by atoms with Crippen molar-refractivity contribution in [2.24, 2.45) is 0 Å². The summed E-state index contributed by atoms with van der Waals surface area (Å²) in [6.07, 6.45) is 1.71. The molecule has 4 nitrogen and oxygen atoms in total. The average Bonchev–Trinajstić information content (AvgIpc) is 2.71. The molecule has 0 saturated heterocycles. The highest BCUT2D eigenvalue weighted by molar-refractivity contribution is 9.10. The van der Waals surface area contributed by atoms with Crippen LogP contribution < -0.4 is 0 Å². The van der Waals surface area contributed by atoms with Crippen molar-refractivity contribution in [3.8, 4) is 0 Å². The summed E-state index contributed by atoms with van der Waals surface area (Å²) in [5.74, 6) is -0.111. The summed E-state index contributed by atoms with van der Waals surface area (Å²) in [6, 6.07) is 5.74. The van der Waals surface area contributed by atoms with Crippen LogP contribution in [0.2, 0.25) is 0 Å². The fraction of sp³-hybridized carbons (Fsp3) is 0.357. The Morgan fingerprint density at radius 1 is 1.47 bits per heavy atom. The van der Waals surface area contributed by atoms with Crippen LogP contribution in [-0.2, 0) is 0 Å². The van der Waals surface area contributed by atoms with Crippen molar-refractivity contribution >= 4 is 32.7 Å². The summed E-state index contributed by atoms with van der Waals surface area (Å²) in [7, 11) is 1.69. The molecule has 0 bridgehead atoms. The van der Waals surface area contributed by atoms with Crippen molar-refractivity contribution in [2.75, 3.05) is 13.6 Å². The molecule has 0 fully saturated rings. The van der Waals surface area contributed by atoms with Gasteiger partial charge in [-0.1, -0.05) is 22.0 Å². The second-order valence-corrected chi connectivity index (χ2v) is 6.19. The monoisotopic (exact) mass is 324 g/mol. The third-order valence-corrected chi connectivity index (χ3v) is 3.52. The number of aromatic nitrogens is 1. The number of carbonyl (C=O) groups is 1. The maximum atomic E-state index is 12.4. The van der Waals surface area contributed by atoms with Gasteiger partial charge in [0.15, 0.2) is 0 Å². The average molecular weight is 325 g/mol. The number of amides is 1. The van der Waals surface area contributed by atoms with Gasteiger partial charge in [-0.05, 0) is 26.0 Å². The van der Waals surface area contributed by atoms with Crippen molar-refractivity contribution in [1.82, 2.24) is 9.88 Å². The van der Waals surface area contributed by atoms with Gasteiger partial charge < -0.3 is 15.0 Å². The van der Waals surface area contributed by atoms with Gasteiger partial charge in [0.1, 0.15) is 0 Å². The van der Waals surface area contributed by atoms with Gasteiger partial charge in [-0.15, -0.1) is 0 Å². The number of benzene rings is 1. The zero-order valence-electron chi connectivity index (χ0n) is 11.2. The number of carbonyl (C=O) groups excluding carboxylic acids is 1. The van der Waals surface area contributed by atoms with E-state index in [4.69, 9.17) is 0 Å². The van der Waals surface area contributed by atoms with Crippen LogP contribution in [-0.4, -0.2) is 40.1 Å². The van der Waals surface area contributed by atoms with E-state index < -0.39 is 5.60 Å². The first-order chi connectivity index (χ1) is 8.79. The van der Waals surface area contributed by atoms with E-state index in [1.54, 1.807) is 27.1 Å². The minimum atomic E-state index is -0.909. The summed E-state index contributed by atoms with van der Waals surface area (Å²) in [5, 5.41) is 10.7. The first-order valence-corrected chi connectivity index (χ1v) is 6.82. The fourth-order valence-corrected chi connectivity index (χ4v) is 2.75. The third kappa shape index (κ3) is 2.98. The first kappa shape index (κ1) is 14.1. The predicted octanol–water partition coefficient (Wildman–Crippen LogP) is 2.77. The summed E-state index contributed by atoms with van der Waals surface area (Å²) in [6.45, 7) is 3.65. The van der Waals surface area contributed by atoms with E-state index in [1.165, 1.54) is 4.90 Å². The summed E-state index contributed by atoms with van der Waals surface area (Å²) >= 11 is 3.47. The Morgan fingerprint density at radius 3 is 2.79 bits per heavy atom. The molecular weight excluding hydrogens is 308 g/mol. The molecule has 0 aliphatic heterocycles. The highest BCUT2D eigenvalue weighted by Crippen LogP contribution is 2.27. The highest BCUT2D eigenvalue weighted by Gasteiger charge is 2.22. The van der Waals surface area contributed by atoms with E-state index in [-0.39, 0.29) is 12.5 Å². The number of hydrogen-bond donors (Lipinski definition) is 2. The lowest BCUT2D eigenvalue weighted by Gasteiger charge is -2.25. The molecule has 0 unspecified atom stereocenters. The first-order valence-electron chi connectivity index (χ1n) is 6.03. The van der Waals surface area contributed by atoms with Crippen LogP contribution in [0.15, 0.2) is 28.9 Å². The lowest BCUT2D eigenvalue weighted by atomic mass is 10.1. The Balaban J connectivity index is 2.37. The Bertz CT molecular complexity index is 613. The van der Waals surface area contributed by atoms with Gasteiger partial charge in [0.25, 0.3) is 5.91 Å². The molecule has 1 aromatic carbocycles. The van der Waals surface area contributed by atoms with Gasteiger partial charge in [0.05, 0.1) is 11.2 Å². The number of nitrogens with zero attached hydrogens (tertiary/aromatic N) is 1. The summed E-state index contributed by atoms with van der Waals surface area (Å²) in [5.41, 5.74) is 0.608. The second-order valence-electron chi connectivity index (χ2n) is 5.34. The zero-order valence-corrected chi connectivity index (χ0v) is 12.8. The molecule has 1 heterocycles. The van der Waals surface area contributed by atoms with Crippen LogP contribution in [0, 0.1) is 0 Å². The third-order valence-electron chi connectivity index (χ3n) is 2.86. The summed E-state index contributed by atoms with van der Waals surface area (Å²) < 4.78 is 0.881. The van der Waals surface area contributed by atoms with Gasteiger partial charge >= 0.3 is 0 Å². The van der Waals surface area contributed by atoms with E-state index in [2.05, 4.69) is 20.9 Å². The molecule has 2 N–H and O–H groups in total. The minimum absolute atomic E-state index is 0.111. The minimum Gasteiger partial charge on any atom is -0.389 e. The van der Waals surface area contributed by atoms with Crippen LogP contribution in [0.3, 0.4) is 0 Å². The Morgan fingerprint density at radius 2 is 2.16 bits per heavy atom. The van der Waals surface area contributed by atoms with E-state index in [1.807, 2.05) is 18.2 Å². The molecule has 19 heavy (non-hydrogen) atoms. The van der Waals surface area contributed by atoms with Gasteiger partial charge in [-0.3, -0.25) is 4.79 Å². The molecule has 0 aliphatic rings. The molecule has 0 aliphatic carbocycles. The smallest absolute Gasteiger partial charge is 0.255 e. The van der Waals surface area contributed by atoms with Crippen LogP contribution in [0.5, 0.6) is 0 Å². The number of rotatable bonds is 3. The summed E-state index contributed by atoms with van der Waals surface area (Å²) in [4.78, 5) is 17.0. The molecule has 1 amide bonds. The van der Waals surface area contributed by atoms with Crippen molar-refractivity contribution in [1.29, 1.82) is 0 Å². The number of hydrogen-bond acceptors (Lipinski definition) is 2. The van der Waals surface area contributed by atoms with Gasteiger partial charge in [-0.2, -0.15) is 0 Å². The quantitative estimate of drug-likeness (QED) is 0.912. The molecule has 2 rings (SSSR count).